The Hall–Kier alpha value is -0.880. The molecule has 1 rings (SSSR count). The molecule has 0 amide bonds. The quantitative estimate of drug-likeness (QED) is 0.244. The van der Waals surface area contributed by atoms with E-state index in [2.05, 4.69) is 53.8 Å². The van der Waals surface area contributed by atoms with Crippen LogP contribution >= 0.6 is 22.6 Å². The molecule has 0 saturated carbocycles. The van der Waals surface area contributed by atoms with E-state index in [0.29, 0.717) is 19.6 Å². The van der Waals surface area contributed by atoms with Crippen molar-refractivity contribution in [2.75, 3.05) is 13.2 Å². The lowest BCUT2D eigenvalue weighted by Gasteiger charge is -2.18. The molecule has 134 valence electrons. The second-order valence-corrected chi connectivity index (χ2v) is 6.93. The highest BCUT2D eigenvalue weighted by Crippen LogP contribution is 2.22. The fourth-order valence-electron chi connectivity index (χ4n) is 2.38. The number of ether oxygens (including phenoxy) is 2. The van der Waals surface area contributed by atoms with Crippen molar-refractivity contribution < 1.29 is 14.3 Å². The zero-order valence-corrected chi connectivity index (χ0v) is 17.0. The largest absolute Gasteiger partial charge is 0.466 e. The summed E-state index contributed by atoms with van der Waals surface area (Å²) in [4.78, 5) is 11.5. The van der Waals surface area contributed by atoms with Crippen molar-refractivity contribution in [3.8, 4) is 0 Å². The van der Waals surface area contributed by atoms with Gasteiger partial charge in [-0.05, 0) is 47.9 Å². The average molecular weight is 444 g/mol. The molecule has 0 aliphatic heterocycles. The molecule has 4 heteroatoms. The Morgan fingerprint density at radius 1 is 1.21 bits per heavy atom. The minimum Gasteiger partial charge on any atom is -0.466 e. The molecule has 24 heavy (non-hydrogen) atoms. The molecule has 0 aliphatic carbocycles. The van der Waals surface area contributed by atoms with Crippen LogP contribution in [-0.2, 0) is 20.7 Å². The lowest BCUT2D eigenvalue weighted by Crippen LogP contribution is -2.16. The van der Waals surface area contributed by atoms with Gasteiger partial charge in [0.15, 0.2) is 0 Å². The lowest BCUT2D eigenvalue weighted by atomic mass is 10.1. The molecular weight excluding hydrogens is 415 g/mol. The first-order chi connectivity index (χ1) is 11.7. The third-order valence-electron chi connectivity index (χ3n) is 3.70. The van der Waals surface area contributed by atoms with Crippen LogP contribution in [0.2, 0.25) is 0 Å². The van der Waals surface area contributed by atoms with E-state index in [9.17, 15) is 4.79 Å². The maximum atomic E-state index is 11.5. The molecule has 1 atom stereocenters. The van der Waals surface area contributed by atoms with Crippen molar-refractivity contribution in [2.24, 2.45) is 0 Å². The van der Waals surface area contributed by atoms with Crippen LogP contribution in [0.1, 0.15) is 51.5 Å². The topological polar surface area (TPSA) is 35.5 Å². The summed E-state index contributed by atoms with van der Waals surface area (Å²) >= 11 is 2.30. The van der Waals surface area contributed by atoms with Gasteiger partial charge >= 0.3 is 5.97 Å². The Balaban J connectivity index is 2.51. The SMILES string of the molecule is CCCCCC(OCCc1ccccc1)/C(I)=C/CC(=O)OCC. The van der Waals surface area contributed by atoms with Gasteiger partial charge < -0.3 is 9.47 Å². The minimum absolute atomic E-state index is 0.0790. The van der Waals surface area contributed by atoms with Gasteiger partial charge in [0.2, 0.25) is 0 Å². The van der Waals surface area contributed by atoms with Crippen molar-refractivity contribution in [1.82, 2.24) is 0 Å². The first-order valence-corrected chi connectivity index (χ1v) is 9.91. The van der Waals surface area contributed by atoms with Crippen molar-refractivity contribution in [3.05, 3.63) is 45.6 Å². The van der Waals surface area contributed by atoms with E-state index in [1.807, 2.05) is 19.1 Å². The van der Waals surface area contributed by atoms with Gasteiger partial charge in [0.25, 0.3) is 0 Å². The number of carbonyl (C=O) groups excluding carboxylic acids is 1. The summed E-state index contributed by atoms with van der Waals surface area (Å²) in [5.41, 5.74) is 1.29. The van der Waals surface area contributed by atoms with Gasteiger partial charge in [-0.1, -0.05) is 62.6 Å². The van der Waals surface area contributed by atoms with Gasteiger partial charge in [0.05, 0.1) is 25.7 Å². The summed E-state index contributed by atoms with van der Waals surface area (Å²) in [6.45, 7) is 5.15. The summed E-state index contributed by atoms with van der Waals surface area (Å²) in [5, 5.41) is 0. The number of benzene rings is 1. The Kier molecular flexibility index (Phi) is 11.8. The third kappa shape index (κ3) is 9.42. The molecule has 0 aromatic heterocycles. The second-order valence-electron chi connectivity index (χ2n) is 5.69. The van der Waals surface area contributed by atoms with Gasteiger partial charge in [-0.2, -0.15) is 0 Å². The molecule has 1 aromatic rings. The molecule has 0 spiro atoms. The average Bonchev–Trinajstić information content (AvgIpc) is 2.59. The van der Waals surface area contributed by atoms with Crippen LogP contribution < -0.4 is 0 Å². The number of esters is 1. The number of hydrogen-bond donors (Lipinski definition) is 0. The van der Waals surface area contributed by atoms with Crippen molar-refractivity contribution >= 4 is 28.6 Å². The van der Waals surface area contributed by atoms with Crippen LogP contribution in [-0.4, -0.2) is 25.3 Å². The molecule has 0 N–H and O–H groups in total. The standard InChI is InChI=1S/C20H29IO3/c1-3-5-7-12-19(18(21)13-14-20(22)23-4-2)24-16-15-17-10-8-6-9-11-17/h6,8-11,13,19H,3-5,7,12,14-16H2,1-2H3/b18-13-. The molecule has 0 heterocycles. The molecule has 1 unspecified atom stereocenters. The Morgan fingerprint density at radius 2 is 1.96 bits per heavy atom. The van der Waals surface area contributed by atoms with Gasteiger partial charge in [-0.15, -0.1) is 0 Å². The zero-order valence-electron chi connectivity index (χ0n) is 14.8. The van der Waals surface area contributed by atoms with Crippen LogP contribution in [0.3, 0.4) is 0 Å². The Labute approximate surface area is 160 Å². The first-order valence-electron chi connectivity index (χ1n) is 8.84. The third-order valence-corrected chi connectivity index (χ3v) is 4.83. The number of hydrogen-bond acceptors (Lipinski definition) is 3. The minimum atomic E-state index is -0.178. The van der Waals surface area contributed by atoms with E-state index in [-0.39, 0.29) is 12.1 Å². The number of rotatable bonds is 12. The maximum absolute atomic E-state index is 11.5. The van der Waals surface area contributed by atoms with Crippen LogP contribution in [0.25, 0.3) is 0 Å². The molecule has 1 aromatic carbocycles. The smallest absolute Gasteiger partial charge is 0.309 e. The summed E-state index contributed by atoms with van der Waals surface area (Å²) in [7, 11) is 0. The highest BCUT2D eigenvalue weighted by Gasteiger charge is 2.13. The lowest BCUT2D eigenvalue weighted by molar-refractivity contribution is -0.142. The van der Waals surface area contributed by atoms with E-state index >= 15 is 0 Å². The first kappa shape index (κ1) is 21.2. The number of carbonyl (C=O) groups is 1. The second kappa shape index (κ2) is 13.4. The highest BCUT2D eigenvalue weighted by atomic mass is 127. The van der Waals surface area contributed by atoms with Gasteiger partial charge in [-0.25, -0.2) is 0 Å². The van der Waals surface area contributed by atoms with E-state index in [4.69, 9.17) is 9.47 Å². The summed E-state index contributed by atoms with van der Waals surface area (Å²) in [6, 6.07) is 10.4. The summed E-state index contributed by atoms with van der Waals surface area (Å²) in [5.74, 6) is -0.178. The Bertz CT molecular complexity index is 485. The van der Waals surface area contributed by atoms with Gasteiger partial charge in [-0.3, -0.25) is 4.79 Å². The zero-order chi connectivity index (χ0) is 17.6. The van der Waals surface area contributed by atoms with E-state index < -0.39 is 0 Å². The molecule has 0 fully saturated rings. The molecule has 0 radical (unpaired) electrons. The van der Waals surface area contributed by atoms with Crippen LogP contribution in [0.15, 0.2) is 40.0 Å². The Morgan fingerprint density at radius 3 is 2.62 bits per heavy atom. The van der Waals surface area contributed by atoms with Crippen molar-refractivity contribution in [1.29, 1.82) is 0 Å². The molecule has 3 nitrogen and oxygen atoms in total. The monoisotopic (exact) mass is 444 g/mol. The summed E-state index contributed by atoms with van der Waals surface area (Å²) in [6.07, 6.45) is 7.80. The molecular formula is C20H29IO3. The van der Waals surface area contributed by atoms with Crippen molar-refractivity contribution in [3.63, 3.8) is 0 Å². The molecule has 0 aliphatic rings. The maximum Gasteiger partial charge on any atom is 0.309 e. The normalized spacial score (nSPS) is 12.9. The van der Waals surface area contributed by atoms with Gasteiger partial charge in [0, 0.05) is 3.58 Å². The van der Waals surface area contributed by atoms with E-state index in [1.54, 1.807) is 0 Å². The van der Waals surface area contributed by atoms with Crippen LogP contribution in [0.4, 0.5) is 0 Å². The molecule has 0 bridgehead atoms. The molecule has 0 saturated heterocycles. The van der Waals surface area contributed by atoms with Crippen molar-refractivity contribution in [2.45, 2.75) is 58.5 Å². The van der Waals surface area contributed by atoms with Crippen LogP contribution in [0, 0.1) is 0 Å². The highest BCUT2D eigenvalue weighted by molar-refractivity contribution is 14.1. The van der Waals surface area contributed by atoms with E-state index in [1.165, 1.54) is 18.4 Å². The van der Waals surface area contributed by atoms with E-state index in [0.717, 1.165) is 22.8 Å². The predicted octanol–water partition coefficient (Wildman–Crippen LogP) is 5.47. The predicted molar refractivity (Wildman–Crippen MR) is 107 cm³/mol. The van der Waals surface area contributed by atoms with Crippen LogP contribution in [0.5, 0.6) is 0 Å². The summed E-state index contributed by atoms with van der Waals surface area (Å²) < 4.78 is 12.2. The fourth-order valence-corrected chi connectivity index (χ4v) is 3.09. The fraction of sp³-hybridized carbons (Fsp3) is 0.550. The number of halogens is 1. The van der Waals surface area contributed by atoms with Gasteiger partial charge in [0.1, 0.15) is 0 Å². The number of unbranched alkanes of at least 4 members (excludes halogenated alkanes) is 2.